The van der Waals surface area contributed by atoms with Crippen LogP contribution in [-0.2, 0) is 33.4 Å². The molecule has 0 aliphatic heterocycles. The molecule has 0 N–H and O–H groups in total. The molecule has 0 aromatic carbocycles. The van der Waals surface area contributed by atoms with Gasteiger partial charge in [0.2, 0.25) is 0 Å². The lowest BCUT2D eigenvalue weighted by atomic mass is 10.2. The lowest BCUT2D eigenvalue weighted by molar-refractivity contribution is -0.148. The molecule has 0 radical (unpaired) electrons. The van der Waals surface area contributed by atoms with Crippen LogP contribution in [0.3, 0.4) is 0 Å². The Morgan fingerprint density at radius 2 is 1.05 bits per heavy atom. The Kier molecular flexibility index (Phi) is 11.7. The molecule has 0 spiro atoms. The summed E-state index contributed by atoms with van der Waals surface area (Å²) in [7, 11) is 0. The minimum absolute atomic E-state index is 0.0664. The van der Waals surface area contributed by atoms with Gasteiger partial charge in [0.15, 0.2) is 0 Å². The molecule has 0 aliphatic rings. The van der Waals surface area contributed by atoms with Crippen molar-refractivity contribution < 1.29 is 33.4 Å². The third-order valence-electron chi connectivity index (χ3n) is 2.56. The van der Waals surface area contributed by atoms with Crippen LogP contribution in [0.4, 0.5) is 0 Å². The smallest absolute Gasteiger partial charge is 0.305 e. The second kappa shape index (κ2) is 12.8. The topological polar surface area (TPSA) is 96.0 Å². The van der Waals surface area contributed by atoms with Gasteiger partial charge in [-0.3, -0.25) is 14.4 Å². The Labute approximate surface area is 130 Å². The molecule has 0 aromatic heterocycles. The van der Waals surface area contributed by atoms with E-state index in [1.54, 1.807) is 0 Å². The van der Waals surface area contributed by atoms with Gasteiger partial charge in [-0.15, -0.1) is 0 Å². The summed E-state index contributed by atoms with van der Waals surface area (Å²) in [6.45, 7) is 3.36. The fourth-order valence-corrected chi connectivity index (χ4v) is 1.49. The first-order valence-electron chi connectivity index (χ1n) is 7.36. The van der Waals surface area contributed by atoms with Gasteiger partial charge in [0, 0.05) is 26.2 Å². The van der Waals surface area contributed by atoms with Crippen molar-refractivity contribution in [2.75, 3.05) is 19.8 Å². The number of rotatable bonds is 12. The molecule has 7 heteroatoms. The lowest BCUT2D eigenvalue weighted by Gasteiger charge is -2.06. The third-order valence-corrected chi connectivity index (χ3v) is 2.56. The van der Waals surface area contributed by atoms with Crippen LogP contribution in [0.2, 0.25) is 0 Å². The summed E-state index contributed by atoms with van der Waals surface area (Å²) in [4.78, 5) is 43.8. The van der Waals surface area contributed by atoms with Crippen molar-refractivity contribution in [3.8, 4) is 0 Å². The van der Waals surface area contributed by atoms with Crippen LogP contribution in [-0.4, -0.2) is 43.5 Å². The number of ether oxygens (including phenoxy) is 3. The Balaban J connectivity index is 3.43. The van der Waals surface area contributed by atoms with Crippen LogP contribution in [0.15, 0.2) is 0 Å². The fraction of sp³-hybridized carbons (Fsp3) is 0.733. The van der Waals surface area contributed by atoms with Crippen LogP contribution in [0.25, 0.3) is 0 Å². The fourth-order valence-electron chi connectivity index (χ4n) is 1.49. The van der Waals surface area contributed by atoms with Gasteiger partial charge in [0.05, 0.1) is 19.8 Å². The predicted octanol–water partition coefficient (Wildman–Crippen LogP) is 1.57. The lowest BCUT2D eigenvalue weighted by Crippen LogP contribution is -2.11. The molecule has 0 bridgehead atoms. The van der Waals surface area contributed by atoms with E-state index in [-0.39, 0.29) is 56.4 Å². The third kappa shape index (κ3) is 14.5. The van der Waals surface area contributed by atoms with E-state index in [9.17, 15) is 19.2 Å². The first-order chi connectivity index (χ1) is 10.4. The molecule has 0 aromatic rings. The number of hydrogen-bond acceptors (Lipinski definition) is 7. The van der Waals surface area contributed by atoms with Crippen LogP contribution in [0.5, 0.6) is 0 Å². The molecule has 0 amide bonds. The maximum atomic E-state index is 11.3. The normalized spacial score (nSPS) is 9.91. The Hall–Kier alpha value is -1.92. The number of carbonyl (C=O) groups excluding carboxylic acids is 4. The molecule has 0 aliphatic carbocycles. The zero-order valence-electron chi connectivity index (χ0n) is 13.2. The number of hydrogen-bond donors (Lipinski definition) is 0. The maximum Gasteiger partial charge on any atom is 0.305 e. The molecule has 0 atom stereocenters. The number of ketones is 1. The van der Waals surface area contributed by atoms with Crippen LogP contribution >= 0.6 is 0 Å². The van der Waals surface area contributed by atoms with Gasteiger partial charge in [-0.25, -0.2) is 0 Å². The largest absolute Gasteiger partial charge is 0.466 e. The van der Waals surface area contributed by atoms with Crippen molar-refractivity contribution >= 4 is 23.7 Å². The highest BCUT2D eigenvalue weighted by Crippen LogP contribution is 1.99. The minimum Gasteiger partial charge on any atom is -0.466 e. The molecule has 0 heterocycles. The Bertz CT molecular complexity index is 340. The van der Waals surface area contributed by atoms with E-state index >= 15 is 0 Å². The van der Waals surface area contributed by atoms with Crippen molar-refractivity contribution in [3.63, 3.8) is 0 Å². The quantitative estimate of drug-likeness (QED) is 0.306. The average molecular weight is 316 g/mol. The molecule has 126 valence electrons. The van der Waals surface area contributed by atoms with Gasteiger partial charge < -0.3 is 19.0 Å². The van der Waals surface area contributed by atoms with E-state index in [0.717, 1.165) is 0 Å². The SMILES string of the molecule is CC(=O)CCCOC(=O)CCCOC(=O)CCCOC(C)=O. The van der Waals surface area contributed by atoms with E-state index in [4.69, 9.17) is 9.47 Å². The molecular formula is C15H24O7. The Morgan fingerprint density at radius 3 is 1.45 bits per heavy atom. The molecule has 0 unspecified atom stereocenters. The minimum atomic E-state index is -0.387. The first-order valence-corrected chi connectivity index (χ1v) is 7.36. The van der Waals surface area contributed by atoms with Gasteiger partial charge >= 0.3 is 17.9 Å². The van der Waals surface area contributed by atoms with Gasteiger partial charge in [0.1, 0.15) is 5.78 Å². The second-order valence-electron chi connectivity index (χ2n) is 4.79. The standard InChI is InChI=1S/C15H24O7/c1-12(16)6-3-10-21-15(19)8-5-11-22-14(18)7-4-9-20-13(2)17/h3-11H2,1-2H3. The molecule has 7 nitrogen and oxygen atoms in total. The van der Waals surface area contributed by atoms with Crippen LogP contribution in [0, 0.1) is 0 Å². The molecule has 0 saturated heterocycles. The van der Waals surface area contributed by atoms with Crippen LogP contribution in [0.1, 0.15) is 52.4 Å². The highest BCUT2D eigenvalue weighted by atomic mass is 16.5. The van der Waals surface area contributed by atoms with E-state index in [1.807, 2.05) is 0 Å². The van der Waals surface area contributed by atoms with Gasteiger partial charge in [-0.05, 0) is 26.2 Å². The summed E-state index contributed by atoms with van der Waals surface area (Å²) in [5.74, 6) is -1.07. The molecule has 22 heavy (non-hydrogen) atoms. The number of esters is 3. The van der Waals surface area contributed by atoms with Crippen molar-refractivity contribution in [1.29, 1.82) is 0 Å². The molecule has 0 saturated carbocycles. The summed E-state index contributed by atoms with van der Waals surface area (Å²) in [6, 6.07) is 0. The number of Topliss-reactive ketones (excluding diaryl/α,β-unsaturated/α-hetero) is 1. The molecule has 0 rings (SSSR count). The monoisotopic (exact) mass is 316 g/mol. The van der Waals surface area contributed by atoms with Crippen molar-refractivity contribution in [3.05, 3.63) is 0 Å². The van der Waals surface area contributed by atoms with E-state index in [1.165, 1.54) is 13.8 Å². The first kappa shape index (κ1) is 20.1. The van der Waals surface area contributed by atoms with Gasteiger partial charge in [-0.1, -0.05) is 0 Å². The summed E-state index contributed by atoms with van der Waals surface area (Å²) in [5.41, 5.74) is 0. The predicted molar refractivity (Wildman–Crippen MR) is 76.9 cm³/mol. The van der Waals surface area contributed by atoms with Crippen LogP contribution < -0.4 is 0 Å². The zero-order valence-corrected chi connectivity index (χ0v) is 13.2. The summed E-state index contributed by atoms with van der Waals surface area (Å²) in [5, 5.41) is 0. The molecular weight excluding hydrogens is 292 g/mol. The summed E-state index contributed by atoms with van der Waals surface area (Å²) in [6.07, 6.45) is 2.07. The Morgan fingerprint density at radius 1 is 0.636 bits per heavy atom. The summed E-state index contributed by atoms with van der Waals surface area (Å²) < 4.78 is 14.5. The van der Waals surface area contributed by atoms with E-state index in [2.05, 4.69) is 4.74 Å². The summed E-state index contributed by atoms with van der Waals surface area (Å²) >= 11 is 0. The van der Waals surface area contributed by atoms with Crippen molar-refractivity contribution in [2.24, 2.45) is 0 Å². The van der Waals surface area contributed by atoms with Crippen molar-refractivity contribution in [2.45, 2.75) is 52.4 Å². The molecule has 0 fully saturated rings. The highest BCUT2D eigenvalue weighted by Gasteiger charge is 2.06. The van der Waals surface area contributed by atoms with Gasteiger partial charge in [0.25, 0.3) is 0 Å². The number of carbonyl (C=O) groups is 4. The maximum absolute atomic E-state index is 11.3. The second-order valence-corrected chi connectivity index (χ2v) is 4.79. The van der Waals surface area contributed by atoms with E-state index < -0.39 is 0 Å². The zero-order chi connectivity index (χ0) is 16.8. The average Bonchev–Trinajstić information content (AvgIpc) is 2.44. The highest BCUT2D eigenvalue weighted by molar-refractivity contribution is 5.75. The van der Waals surface area contributed by atoms with Gasteiger partial charge in [-0.2, -0.15) is 0 Å². The van der Waals surface area contributed by atoms with Crippen molar-refractivity contribution in [1.82, 2.24) is 0 Å². The van der Waals surface area contributed by atoms with E-state index in [0.29, 0.717) is 25.7 Å².